The molecule has 0 aliphatic heterocycles. The van der Waals surface area contributed by atoms with E-state index in [1.165, 1.54) is 13.8 Å². The molecule has 0 aromatic carbocycles. The summed E-state index contributed by atoms with van der Waals surface area (Å²) in [5.41, 5.74) is -1.45. The third-order valence-corrected chi connectivity index (χ3v) is 3.33. The predicted octanol–water partition coefficient (Wildman–Crippen LogP) is 0.653. The van der Waals surface area contributed by atoms with Crippen LogP contribution in [0.25, 0.3) is 0 Å². The van der Waals surface area contributed by atoms with Crippen LogP contribution in [0.2, 0.25) is 0 Å². The monoisotopic (exact) mass is 287 g/mol. The number of urea groups is 1. The maximum Gasteiger partial charge on any atom is 0.321 e. The summed E-state index contributed by atoms with van der Waals surface area (Å²) in [7, 11) is 3.78. The molecule has 0 aliphatic carbocycles. The van der Waals surface area contributed by atoms with Crippen LogP contribution in [-0.2, 0) is 9.59 Å². The summed E-state index contributed by atoms with van der Waals surface area (Å²) in [5.74, 6) is -1.70. The molecular formula is C13H25N3O4. The number of carbonyl (C=O) groups is 3. The third-order valence-electron chi connectivity index (χ3n) is 3.33. The Morgan fingerprint density at radius 2 is 1.60 bits per heavy atom. The number of aliphatic carboxylic acids is 1. The van der Waals surface area contributed by atoms with Gasteiger partial charge >= 0.3 is 12.0 Å². The number of carbonyl (C=O) groups excluding carboxylic acids is 2. The van der Waals surface area contributed by atoms with E-state index in [1.807, 2.05) is 32.8 Å². The van der Waals surface area contributed by atoms with Gasteiger partial charge in [-0.2, -0.15) is 0 Å². The molecule has 0 fully saturated rings. The number of likely N-dealkylation sites (N-methyl/N-ethyl adjacent to an activating group) is 1. The van der Waals surface area contributed by atoms with Crippen LogP contribution in [0.1, 0.15) is 34.1 Å². The molecule has 20 heavy (non-hydrogen) atoms. The van der Waals surface area contributed by atoms with Gasteiger partial charge in [0.25, 0.3) is 0 Å². The molecule has 116 valence electrons. The summed E-state index contributed by atoms with van der Waals surface area (Å²) < 4.78 is 0. The van der Waals surface area contributed by atoms with Gasteiger partial charge in [-0.3, -0.25) is 14.9 Å². The van der Waals surface area contributed by atoms with Crippen molar-refractivity contribution < 1.29 is 19.5 Å². The second-order valence-corrected chi connectivity index (χ2v) is 6.30. The summed E-state index contributed by atoms with van der Waals surface area (Å²) in [5, 5.41) is 13.6. The minimum Gasteiger partial charge on any atom is -0.481 e. The predicted molar refractivity (Wildman–Crippen MR) is 75.3 cm³/mol. The highest BCUT2D eigenvalue weighted by molar-refractivity contribution is 5.96. The fraction of sp³-hybridized carbons (Fsp3) is 0.769. The molecule has 0 aliphatic rings. The number of hydrogen-bond acceptors (Lipinski definition) is 4. The molecule has 0 aromatic rings. The van der Waals surface area contributed by atoms with E-state index in [1.54, 1.807) is 0 Å². The fourth-order valence-electron chi connectivity index (χ4n) is 1.15. The van der Waals surface area contributed by atoms with Gasteiger partial charge in [0.1, 0.15) is 0 Å². The minimum atomic E-state index is -1.20. The molecule has 3 amide bonds. The summed E-state index contributed by atoms with van der Waals surface area (Å²) >= 11 is 0. The van der Waals surface area contributed by atoms with E-state index in [0.29, 0.717) is 6.54 Å². The fourth-order valence-corrected chi connectivity index (χ4v) is 1.15. The Bertz CT molecular complexity index is 389. The van der Waals surface area contributed by atoms with Gasteiger partial charge in [-0.1, -0.05) is 0 Å². The van der Waals surface area contributed by atoms with E-state index in [4.69, 9.17) is 5.11 Å². The zero-order valence-corrected chi connectivity index (χ0v) is 13.0. The lowest BCUT2D eigenvalue weighted by atomic mass is 9.89. The molecule has 0 rings (SSSR count). The largest absolute Gasteiger partial charge is 0.481 e. The summed E-state index contributed by atoms with van der Waals surface area (Å²) in [4.78, 5) is 36.0. The number of nitrogens with one attached hydrogen (secondary N) is 2. The average Bonchev–Trinajstić information content (AvgIpc) is 2.25. The molecule has 0 radical (unpaired) electrons. The second-order valence-electron chi connectivity index (χ2n) is 6.30. The third kappa shape index (κ3) is 6.01. The quantitative estimate of drug-likeness (QED) is 0.666. The van der Waals surface area contributed by atoms with Gasteiger partial charge in [-0.25, -0.2) is 4.79 Å². The van der Waals surface area contributed by atoms with Crippen LogP contribution >= 0.6 is 0 Å². The van der Waals surface area contributed by atoms with Crippen LogP contribution in [0.5, 0.6) is 0 Å². The summed E-state index contributed by atoms with van der Waals surface area (Å²) in [6.07, 6.45) is -0.257. The lowest BCUT2D eigenvalue weighted by molar-refractivity contribution is -0.149. The van der Waals surface area contributed by atoms with Crippen molar-refractivity contribution in [1.29, 1.82) is 0 Å². The smallest absolute Gasteiger partial charge is 0.321 e. The normalized spacial score (nSPS) is 12.2. The minimum absolute atomic E-state index is 0.249. The van der Waals surface area contributed by atoms with Crippen molar-refractivity contribution in [3.63, 3.8) is 0 Å². The van der Waals surface area contributed by atoms with Crippen molar-refractivity contribution >= 4 is 17.9 Å². The summed E-state index contributed by atoms with van der Waals surface area (Å²) in [6, 6.07) is -0.619. The van der Waals surface area contributed by atoms with Crippen molar-refractivity contribution in [2.24, 2.45) is 5.41 Å². The topological polar surface area (TPSA) is 98.7 Å². The Morgan fingerprint density at radius 1 is 1.10 bits per heavy atom. The Balaban J connectivity index is 4.29. The molecule has 7 heteroatoms. The lowest BCUT2D eigenvalue weighted by Gasteiger charge is -2.32. The van der Waals surface area contributed by atoms with Crippen LogP contribution in [0.4, 0.5) is 4.79 Å². The standard InChI is InChI=1S/C13H25N3O4/c1-12(2,10(18)19)7-9(17)15-11(20)14-8-13(3,4)16(5)6/h7-8H2,1-6H3,(H,18,19)(H2,14,15,17,20). The molecule has 7 nitrogen and oxygen atoms in total. The Labute approximate surface area is 119 Å². The van der Waals surface area contributed by atoms with Gasteiger partial charge in [-0.05, 0) is 41.8 Å². The van der Waals surface area contributed by atoms with Gasteiger partial charge < -0.3 is 15.3 Å². The van der Waals surface area contributed by atoms with E-state index in [9.17, 15) is 14.4 Å². The molecular weight excluding hydrogens is 262 g/mol. The van der Waals surface area contributed by atoms with E-state index in [2.05, 4.69) is 10.6 Å². The Kier molecular flexibility index (Phi) is 6.15. The average molecular weight is 287 g/mol. The molecule has 0 unspecified atom stereocenters. The van der Waals surface area contributed by atoms with Crippen LogP contribution < -0.4 is 10.6 Å². The van der Waals surface area contributed by atoms with Gasteiger partial charge in [-0.15, -0.1) is 0 Å². The number of amides is 3. The first-order valence-corrected chi connectivity index (χ1v) is 6.37. The van der Waals surface area contributed by atoms with Crippen molar-refractivity contribution in [1.82, 2.24) is 15.5 Å². The first-order chi connectivity index (χ1) is 8.88. The number of carboxylic acid groups (broad SMARTS) is 1. The van der Waals surface area contributed by atoms with Crippen LogP contribution in [0.3, 0.4) is 0 Å². The molecule has 0 aromatic heterocycles. The number of carboxylic acids is 1. The second kappa shape index (κ2) is 6.69. The van der Waals surface area contributed by atoms with Crippen LogP contribution in [0, 0.1) is 5.41 Å². The van der Waals surface area contributed by atoms with E-state index in [0.717, 1.165) is 0 Å². The number of imide groups is 1. The van der Waals surface area contributed by atoms with E-state index >= 15 is 0 Å². The molecule has 0 heterocycles. The highest BCUT2D eigenvalue weighted by atomic mass is 16.4. The molecule has 3 N–H and O–H groups in total. The zero-order valence-electron chi connectivity index (χ0n) is 13.0. The van der Waals surface area contributed by atoms with Gasteiger partial charge in [0.2, 0.25) is 5.91 Å². The van der Waals surface area contributed by atoms with E-state index < -0.39 is 23.3 Å². The van der Waals surface area contributed by atoms with Crippen molar-refractivity contribution in [3.05, 3.63) is 0 Å². The SMILES string of the molecule is CN(C)C(C)(C)CNC(=O)NC(=O)CC(C)(C)C(=O)O. The molecule has 0 atom stereocenters. The number of hydrogen-bond donors (Lipinski definition) is 3. The summed E-state index contributed by atoms with van der Waals surface area (Å²) in [6.45, 7) is 7.12. The Hall–Kier alpha value is -1.63. The first kappa shape index (κ1) is 18.4. The molecule has 0 saturated heterocycles. The highest BCUT2D eigenvalue weighted by Gasteiger charge is 2.31. The first-order valence-electron chi connectivity index (χ1n) is 6.37. The van der Waals surface area contributed by atoms with Crippen LogP contribution in [-0.4, -0.2) is 54.1 Å². The Morgan fingerprint density at radius 3 is 2.00 bits per heavy atom. The van der Waals surface area contributed by atoms with Crippen molar-refractivity contribution in [2.75, 3.05) is 20.6 Å². The van der Waals surface area contributed by atoms with E-state index in [-0.39, 0.29) is 12.0 Å². The maximum absolute atomic E-state index is 11.6. The number of nitrogens with zero attached hydrogens (tertiary/aromatic N) is 1. The highest BCUT2D eigenvalue weighted by Crippen LogP contribution is 2.19. The molecule has 0 bridgehead atoms. The van der Waals surface area contributed by atoms with Gasteiger partial charge in [0.15, 0.2) is 0 Å². The molecule has 0 spiro atoms. The van der Waals surface area contributed by atoms with Gasteiger partial charge in [0.05, 0.1) is 5.41 Å². The van der Waals surface area contributed by atoms with Crippen molar-refractivity contribution in [2.45, 2.75) is 39.7 Å². The zero-order chi connectivity index (χ0) is 16.1. The van der Waals surface area contributed by atoms with Crippen molar-refractivity contribution in [3.8, 4) is 0 Å². The number of rotatable bonds is 6. The van der Waals surface area contributed by atoms with Crippen LogP contribution in [0.15, 0.2) is 0 Å². The molecule has 0 saturated carbocycles. The maximum atomic E-state index is 11.6. The lowest BCUT2D eigenvalue weighted by Crippen LogP contribution is -2.51. The van der Waals surface area contributed by atoms with Gasteiger partial charge in [0, 0.05) is 18.5 Å².